The Morgan fingerprint density at radius 2 is 1.86 bits per heavy atom. The second kappa shape index (κ2) is 5.02. The van der Waals surface area contributed by atoms with Crippen LogP contribution in [0.5, 0.6) is 5.75 Å². The van der Waals surface area contributed by atoms with Crippen molar-refractivity contribution < 1.29 is 5.11 Å². The van der Waals surface area contributed by atoms with Crippen molar-refractivity contribution in [3.8, 4) is 5.75 Å². The maximum absolute atomic E-state index is 12.8. The lowest BCUT2D eigenvalue weighted by Crippen LogP contribution is -2.27. The fraction of sp³-hybridized carbons (Fsp3) is 0.211. The zero-order valence-corrected chi connectivity index (χ0v) is 12.2. The van der Waals surface area contributed by atoms with Gasteiger partial charge in [-0.25, -0.2) is 0 Å². The molecule has 0 saturated carbocycles. The second-order valence-corrected chi connectivity index (χ2v) is 5.86. The summed E-state index contributed by atoms with van der Waals surface area (Å²) in [5.41, 5.74) is 3.54. The van der Waals surface area contributed by atoms with Crippen LogP contribution in [0, 0.1) is 0 Å². The van der Waals surface area contributed by atoms with Crippen LogP contribution in [0.3, 0.4) is 0 Å². The second-order valence-electron chi connectivity index (χ2n) is 5.86. The molecule has 2 aromatic carbocycles. The van der Waals surface area contributed by atoms with Crippen LogP contribution in [-0.4, -0.2) is 9.67 Å². The van der Waals surface area contributed by atoms with Gasteiger partial charge >= 0.3 is 0 Å². The van der Waals surface area contributed by atoms with Gasteiger partial charge in [-0.3, -0.25) is 4.79 Å². The standard InChI is InChI=1S/C19H17NO2/c21-18-15-10-4-8-14-9-5-11-20(17(14)15)19(22)16(18)12-13-6-2-1-3-7-13/h1-4,6-8,10,21H,5,9,11-12H2. The van der Waals surface area contributed by atoms with Gasteiger partial charge in [-0.1, -0.05) is 42.5 Å². The summed E-state index contributed by atoms with van der Waals surface area (Å²) in [7, 11) is 0. The Labute approximate surface area is 128 Å². The molecule has 0 atom stereocenters. The molecular weight excluding hydrogens is 274 g/mol. The van der Waals surface area contributed by atoms with Crippen molar-refractivity contribution in [2.45, 2.75) is 25.8 Å². The molecule has 0 saturated heterocycles. The van der Waals surface area contributed by atoms with Crippen LogP contribution in [-0.2, 0) is 19.4 Å². The zero-order valence-electron chi connectivity index (χ0n) is 12.2. The average Bonchev–Trinajstić information content (AvgIpc) is 2.57. The lowest BCUT2D eigenvalue weighted by Gasteiger charge is -2.21. The van der Waals surface area contributed by atoms with E-state index in [1.807, 2.05) is 53.1 Å². The van der Waals surface area contributed by atoms with Crippen molar-refractivity contribution in [2.75, 3.05) is 0 Å². The maximum Gasteiger partial charge on any atom is 0.258 e. The first-order chi connectivity index (χ1) is 10.8. The molecule has 0 radical (unpaired) electrons. The fourth-order valence-corrected chi connectivity index (χ4v) is 3.43. The van der Waals surface area contributed by atoms with E-state index in [0.29, 0.717) is 12.0 Å². The Kier molecular flexibility index (Phi) is 3.00. The van der Waals surface area contributed by atoms with E-state index >= 15 is 0 Å². The van der Waals surface area contributed by atoms with Crippen molar-refractivity contribution in [3.05, 3.63) is 75.6 Å². The Balaban J connectivity index is 1.99. The molecule has 3 nitrogen and oxygen atoms in total. The van der Waals surface area contributed by atoms with E-state index in [0.717, 1.165) is 41.4 Å². The molecule has 0 fully saturated rings. The Hall–Kier alpha value is -2.55. The highest BCUT2D eigenvalue weighted by Gasteiger charge is 2.20. The smallest absolute Gasteiger partial charge is 0.258 e. The number of para-hydroxylation sites is 1. The van der Waals surface area contributed by atoms with Gasteiger partial charge < -0.3 is 9.67 Å². The molecule has 1 N–H and O–H groups in total. The minimum absolute atomic E-state index is 0.0546. The van der Waals surface area contributed by atoms with E-state index < -0.39 is 0 Å². The zero-order chi connectivity index (χ0) is 15.1. The van der Waals surface area contributed by atoms with Crippen LogP contribution in [0.15, 0.2) is 53.3 Å². The van der Waals surface area contributed by atoms with Crippen molar-refractivity contribution in [3.63, 3.8) is 0 Å². The van der Waals surface area contributed by atoms with Gasteiger partial charge in [0.2, 0.25) is 0 Å². The molecule has 0 unspecified atom stereocenters. The number of hydrogen-bond acceptors (Lipinski definition) is 2. The first-order valence-electron chi connectivity index (χ1n) is 7.66. The van der Waals surface area contributed by atoms with E-state index in [2.05, 4.69) is 0 Å². The van der Waals surface area contributed by atoms with E-state index in [1.165, 1.54) is 0 Å². The number of nitrogens with zero attached hydrogens (tertiary/aromatic N) is 1. The van der Waals surface area contributed by atoms with Gasteiger partial charge in [0.25, 0.3) is 5.56 Å². The number of aromatic hydroxyl groups is 1. The third-order valence-corrected chi connectivity index (χ3v) is 4.49. The highest BCUT2D eigenvalue weighted by atomic mass is 16.3. The molecule has 3 aromatic rings. The normalized spacial score (nSPS) is 13.5. The first-order valence-corrected chi connectivity index (χ1v) is 7.66. The molecule has 1 aromatic heterocycles. The summed E-state index contributed by atoms with van der Waals surface area (Å²) in [4.78, 5) is 12.8. The number of aromatic nitrogens is 1. The molecule has 0 bridgehead atoms. The van der Waals surface area contributed by atoms with Gasteiger partial charge in [0.15, 0.2) is 0 Å². The number of benzene rings is 2. The quantitative estimate of drug-likeness (QED) is 0.787. The predicted molar refractivity (Wildman–Crippen MR) is 87.4 cm³/mol. The van der Waals surface area contributed by atoms with Crippen LogP contribution in [0.4, 0.5) is 0 Å². The van der Waals surface area contributed by atoms with Crippen molar-refractivity contribution in [1.82, 2.24) is 4.57 Å². The van der Waals surface area contributed by atoms with E-state index in [4.69, 9.17) is 0 Å². The molecule has 4 rings (SSSR count). The summed E-state index contributed by atoms with van der Waals surface area (Å²) in [5, 5.41) is 11.4. The molecular formula is C19H17NO2. The van der Waals surface area contributed by atoms with Gasteiger partial charge in [0.05, 0.1) is 11.1 Å². The average molecular weight is 291 g/mol. The van der Waals surface area contributed by atoms with Crippen LogP contribution < -0.4 is 5.56 Å². The summed E-state index contributed by atoms with van der Waals surface area (Å²) >= 11 is 0. The largest absolute Gasteiger partial charge is 0.507 e. The number of aryl methyl sites for hydroxylation is 2. The van der Waals surface area contributed by atoms with Gasteiger partial charge in [-0.05, 0) is 30.0 Å². The molecule has 22 heavy (non-hydrogen) atoms. The van der Waals surface area contributed by atoms with Crippen LogP contribution in [0.1, 0.15) is 23.1 Å². The third-order valence-electron chi connectivity index (χ3n) is 4.49. The summed E-state index contributed by atoms with van der Waals surface area (Å²) in [6.07, 6.45) is 2.40. The molecule has 0 amide bonds. The van der Waals surface area contributed by atoms with Crippen LogP contribution in [0.2, 0.25) is 0 Å². The highest BCUT2D eigenvalue weighted by Crippen LogP contribution is 2.32. The van der Waals surface area contributed by atoms with Crippen LogP contribution in [0.25, 0.3) is 10.9 Å². The monoisotopic (exact) mass is 291 g/mol. The number of pyridine rings is 1. The van der Waals surface area contributed by atoms with Gasteiger partial charge in [0.1, 0.15) is 5.75 Å². The van der Waals surface area contributed by atoms with E-state index in [9.17, 15) is 9.90 Å². The Morgan fingerprint density at radius 1 is 1.05 bits per heavy atom. The van der Waals surface area contributed by atoms with Gasteiger partial charge in [0, 0.05) is 18.4 Å². The number of hydrogen-bond donors (Lipinski definition) is 1. The summed E-state index contributed by atoms with van der Waals surface area (Å²) in [6, 6.07) is 15.7. The molecule has 2 heterocycles. The Bertz CT molecular complexity index is 910. The van der Waals surface area contributed by atoms with Crippen molar-refractivity contribution in [2.24, 2.45) is 0 Å². The predicted octanol–water partition coefficient (Wildman–Crippen LogP) is 3.24. The molecule has 110 valence electrons. The lowest BCUT2D eigenvalue weighted by atomic mass is 9.97. The molecule has 0 aliphatic carbocycles. The van der Waals surface area contributed by atoms with Crippen LogP contribution >= 0.6 is 0 Å². The Morgan fingerprint density at radius 3 is 2.68 bits per heavy atom. The highest BCUT2D eigenvalue weighted by molar-refractivity contribution is 5.89. The molecule has 1 aliphatic rings. The third kappa shape index (κ3) is 1.93. The van der Waals surface area contributed by atoms with Crippen molar-refractivity contribution >= 4 is 10.9 Å². The summed E-state index contributed by atoms with van der Waals surface area (Å²) < 4.78 is 1.84. The lowest BCUT2D eigenvalue weighted by molar-refractivity contribution is 0.470. The minimum atomic E-state index is -0.0546. The van der Waals surface area contributed by atoms with E-state index in [1.54, 1.807) is 0 Å². The molecule has 0 spiro atoms. The SMILES string of the molecule is O=c1c(Cc2ccccc2)c(O)c2cccc3c2n1CCC3. The van der Waals surface area contributed by atoms with Gasteiger partial charge in [-0.15, -0.1) is 0 Å². The minimum Gasteiger partial charge on any atom is -0.507 e. The number of rotatable bonds is 2. The van der Waals surface area contributed by atoms with Gasteiger partial charge in [-0.2, -0.15) is 0 Å². The summed E-state index contributed by atoms with van der Waals surface area (Å²) in [6.45, 7) is 0.731. The van der Waals surface area contributed by atoms with E-state index in [-0.39, 0.29) is 11.3 Å². The first kappa shape index (κ1) is 13.1. The molecule has 3 heteroatoms. The fourth-order valence-electron chi connectivity index (χ4n) is 3.43. The topological polar surface area (TPSA) is 42.2 Å². The summed E-state index contributed by atoms with van der Waals surface area (Å²) in [5.74, 6) is 0.142. The molecule has 1 aliphatic heterocycles. The maximum atomic E-state index is 12.8. The van der Waals surface area contributed by atoms with Crippen molar-refractivity contribution in [1.29, 1.82) is 0 Å².